The van der Waals surface area contributed by atoms with E-state index in [2.05, 4.69) is 26.1 Å². The number of carbonyl (C=O) groups excluding carboxylic acids is 1. The SMILES string of the molecule is O=C(OCc1nnc(-c2ccc(Br)s2)o1)c1cccs1. The Morgan fingerprint density at radius 3 is 2.95 bits per heavy atom. The lowest BCUT2D eigenvalue weighted by molar-refractivity contribution is 0.0444. The molecular weight excluding hydrogens is 364 g/mol. The number of rotatable bonds is 4. The van der Waals surface area contributed by atoms with Gasteiger partial charge in [0.1, 0.15) is 4.88 Å². The van der Waals surface area contributed by atoms with E-state index in [1.807, 2.05) is 17.5 Å². The molecule has 0 bridgehead atoms. The summed E-state index contributed by atoms with van der Waals surface area (Å²) in [5.74, 6) is 0.302. The van der Waals surface area contributed by atoms with Crippen LogP contribution in [0.15, 0.2) is 37.8 Å². The zero-order chi connectivity index (χ0) is 13.9. The van der Waals surface area contributed by atoms with E-state index in [1.54, 1.807) is 12.1 Å². The maximum absolute atomic E-state index is 11.7. The van der Waals surface area contributed by atoms with Crippen LogP contribution in [0.5, 0.6) is 0 Å². The van der Waals surface area contributed by atoms with Crippen molar-refractivity contribution in [3.8, 4) is 10.8 Å². The second kappa shape index (κ2) is 5.86. The van der Waals surface area contributed by atoms with E-state index >= 15 is 0 Å². The van der Waals surface area contributed by atoms with Crippen LogP contribution in [0, 0.1) is 0 Å². The third kappa shape index (κ3) is 2.97. The minimum atomic E-state index is -0.390. The van der Waals surface area contributed by atoms with Crippen LogP contribution < -0.4 is 0 Å². The molecule has 3 aromatic heterocycles. The molecule has 0 aliphatic carbocycles. The molecule has 0 saturated carbocycles. The predicted octanol–water partition coefficient (Wildman–Crippen LogP) is 3.98. The Labute approximate surface area is 130 Å². The molecular formula is C12H7BrN2O3S2. The Bertz CT molecular complexity index is 721. The number of aromatic nitrogens is 2. The number of carbonyl (C=O) groups is 1. The van der Waals surface area contributed by atoms with Gasteiger partial charge in [0.2, 0.25) is 0 Å². The molecule has 3 aromatic rings. The third-order valence-corrected chi connectivity index (χ3v) is 4.76. The summed E-state index contributed by atoms with van der Waals surface area (Å²) in [5.41, 5.74) is 0. The lowest BCUT2D eigenvalue weighted by Crippen LogP contribution is -2.03. The molecule has 102 valence electrons. The first-order valence-electron chi connectivity index (χ1n) is 5.51. The van der Waals surface area contributed by atoms with Crippen LogP contribution in [0.25, 0.3) is 10.8 Å². The lowest BCUT2D eigenvalue weighted by atomic mass is 10.5. The van der Waals surface area contributed by atoms with Crippen molar-refractivity contribution in [3.05, 3.63) is 44.2 Å². The van der Waals surface area contributed by atoms with Crippen molar-refractivity contribution in [2.75, 3.05) is 0 Å². The Morgan fingerprint density at radius 2 is 2.25 bits per heavy atom. The van der Waals surface area contributed by atoms with Crippen molar-refractivity contribution in [3.63, 3.8) is 0 Å². The fraction of sp³-hybridized carbons (Fsp3) is 0.0833. The van der Waals surface area contributed by atoms with Crippen molar-refractivity contribution < 1.29 is 13.9 Å². The van der Waals surface area contributed by atoms with Gasteiger partial charge in [0.25, 0.3) is 11.8 Å². The molecule has 0 saturated heterocycles. The van der Waals surface area contributed by atoms with Gasteiger partial charge in [0.05, 0.1) is 8.66 Å². The van der Waals surface area contributed by atoms with E-state index in [-0.39, 0.29) is 12.5 Å². The summed E-state index contributed by atoms with van der Waals surface area (Å²) in [6.07, 6.45) is 0. The number of esters is 1. The van der Waals surface area contributed by atoms with Crippen LogP contribution in [-0.2, 0) is 11.3 Å². The first-order valence-corrected chi connectivity index (χ1v) is 8.00. The molecule has 0 aromatic carbocycles. The fourth-order valence-corrected chi connectivity index (χ4v) is 3.36. The molecule has 0 aliphatic heterocycles. The molecule has 0 aliphatic rings. The highest BCUT2D eigenvalue weighted by Crippen LogP contribution is 2.30. The number of nitrogens with zero attached hydrogens (tertiary/aromatic N) is 2. The summed E-state index contributed by atoms with van der Waals surface area (Å²) < 4.78 is 11.5. The summed E-state index contributed by atoms with van der Waals surface area (Å²) in [4.78, 5) is 13.1. The molecule has 20 heavy (non-hydrogen) atoms. The van der Waals surface area contributed by atoms with E-state index in [0.29, 0.717) is 10.8 Å². The van der Waals surface area contributed by atoms with Crippen LogP contribution in [-0.4, -0.2) is 16.2 Å². The normalized spacial score (nSPS) is 10.7. The first-order chi connectivity index (χ1) is 9.72. The molecule has 0 N–H and O–H groups in total. The number of halogens is 1. The zero-order valence-electron chi connectivity index (χ0n) is 9.91. The van der Waals surface area contributed by atoms with Gasteiger partial charge in [-0.1, -0.05) is 6.07 Å². The maximum atomic E-state index is 11.7. The highest BCUT2D eigenvalue weighted by Gasteiger charge is 2.13. The molecule has 0 amide bonds. The average Bonchev–Trinajstić information content (AvgIpc) is 3.16. The summed E-state index contributed by atoms with van der Waals surface area (Å²) >= 11 is 6.19. The standard InChI is InChI=1S/C12H7BrN2O3S2/c13-9-4-3-7(20-9)11-15-14-10(18-11)6-17-12(16)8-2-1-5-19-8/h1-5H,6H2. The lowest BCUT2D eigenvalue weighted by Gasteiger charge is -1.98. The minimum absolute atomic E-state index is 0.0315. The van der Waals surface area contributed by atoms with Gasteiger partial charge in [-0.05, 0) is 39.5 Å². The van der Waals surface area contributed by atoms with Gasteiger partial charge in [-0.2, -0.15) is 0 Å². The zero-order valence-corrected chi connectivity index (χ0v) is 13.1. The Kier molecular flexibility index (Phi) is 3.95. The van der Waals surface area contributed by atoms with Crippen LogP contribution in [0.3, 0.4) is 0 Å². The number of hydrogen-bond acceptors (Lipinski definition) is 7. The molecule has 5 nitrogen and oxygen atoms in total. The maximum Gasteiger partial charge on any atom is 0.348 e. The van der Waals surface area contributed by atoms with Crippen LogP contribution >= 0.6 is 38.6 Å². The predicted molar refractivity (Wildman–Crippen MR) is 78.7 cm³/mol. The van der Waals surface area contributed by atoms with Crippen molar-refractivity contribution in [1.29, 1.82) is 0 Å². The summed E-state index contributed by atoms with van der Waals surface area (Å²) in [7, 11) is 0. The summed E-state index contributed by atoms with van der Waals surface area (Å²) in [6.45, 7) is -0.0315. The molecule has 8 heteroatoms. The van der Waals surface area contributed by atoms with Gasteiger partial charge in [-0.3, -0.25) is 0 Å². The Morgan fingerprint density at radius 1 is 1.35 bits per heavy atom. The fourth-order valence-electron chi connectivity index (χ4n) is 1.43. The molecule has 0 radical (unpaired) electrons. The molecule has 0 atom stereocenters. The van der Waals surface area contributed by atoms with E-state index in [1.165, 1.54) is 22.7 Å². The van der Waals surface area contributed by atoms with Gasteiger partial charge in [-0.15, -0.1) is 32.9 Å². The summed E-state index contributed by atoms with van der Waals surface area (Å²) in [5, 5.41) is 9.60. The van der Waals surface area contributed by atoms with Crippen molar-refractivity contribution in [2.45, 2.75) is 6.61 Å². The van der Waals surface area contributed by atoms with Crippen LogP contribution in [0.1, 0.15) is 15.6 Å². The van der Waals surface area contributed by atoms with Gasteiger partial charge < -0.3 is 9.15 Å². The topological polar surface area (TPSA) is 65.2 Å². The van der Waals surface area contributed by atoms with Gasteiger partial charge in [-0.25, -0.2) is 4.79 Å². The summed E-state index contributed by atoms with van der Waals surface area (Å²) in [6, 6.07) is 7.28. The molecule has 3 rings (SSSR count). The van der Waals surface area contributed by atoms with Crippen molar-refractivity contribution in [2.24, 2.45) is 0 Å². The highest BCUT2D eigenvalue weighted by molar-refractivity contribution is 9.11. The number of hydrogen-bond donors (Lipinski definition) is 0. The van der Waals surface area contributed by atoms with E-state index in [0.717, 1.165) is 8.66 Å². The highest BCUT2D eigenvalue weighted by atomic mass is 79.9. The average molecular weight is 371 g/mol. The third-order valence-electron chi connectivity index (χ3n) is 2.30. The van der Waals surface area contributed by atoms with E-state index in [9.17, 15) is 4.79 Å². The van der Waals surface area contributed by atoms with Gasteiger partial charge >= 0.3 is 5.97 Å². The molecule has 3 heterocycles. The largest absolute Gasteiger partial charge is 0.451 e. The van der Waals surface area contributed by atoms with Gasteiger partial charge in [0, 0.05) is 0 Å². The molecule has 0 unspecified atom stereocenters. The van der Waals surface area contributed by atoms with Crippen molar-refractivity contribution >= 4 is 44.6 Å². The van der Waals surface area contributed by atoms with Gasteiger partial charge in [0.15, 0.2) is 6.61 Å². The Balaban J connectivity index is 1.64. The first kappa shape index (κ1) is 13.5. The number of ether oxygens (including phenoxy) is 1. The number of thiophene rings is 2. The molecule has 0 spiro atoms. The van der Waals surface area contributed by atoms with Crippen LogP contribution in [0.2, 0.25) is 0 Å². The van der Waals surface area contributed by atoms with E-state index in [4.69, 9.17) is 9.15 Å². The minimum Gasteiger partial charge on any atom is -0.451 e. The van der Waals surface area contributed by atoms with Crippen molar-refractivity contribution in [1.82, 2.24) is 10.2 Å². The second-order valence-electron chi connectivity index (χ2n) is 3.66. The Hall–Kier alpha value is -1.51. The monoisotopic (exact) mass is 370 g/mol. The van der Waals surface area contributed by atoms with Crippen LogP contribution in [0.4, 0.5) is 0 Å². The smallest absolute Gasteiger partial charge is 0.348 e. The molecule has 0 fully saturated rings. The quantitative estimate of drug-likeness (QED) is 0.649. The van der Waals surface area contributed by atoms with E-state index < -0.39 is 5.97 Å². The second-order valence-corrected chi connectivity index (χ2v) is 7.07.